The quantitative estimate of drug-likeness (QED) is 0.619. The lowest BCUT2D eigenvalue weighted by molar-refractivity contribution is 0.557. The van der Waals surface area contributed by atoms with Gasteiger partial charge in [0, 0.05) is 0 Å². The number of hydrogen-bond acceptors (Lipinski definition) is 5. The van der Waals surface area contributed by atoms with Gasteiger partial charge in [-0.05, 0) is 37.0 Å². The molecule has 1 aliphatic carbocycles. The van der Waals surface area contributed by atoms with E-state index in [4.69, 9.17) is 5.26 Å². The predicted octanol–water partition coefficient (Wildman–Crippen LogP) is 2.24. The topological polar surface area (TPSA) is 82.7 Å². The van der Waals surface area contributed by atoms with Gasteiger partial charge in [-0.25, -0.2) is 14.6 Å². The van der Waals surface area contributed by atoms with Crippen molar-refractivity contribution in [2.45, 2.75) is 18.4 Å². The van der Waals surface area contributed by atoms with E-state index in [0.717, 1.165) is 12.0 Å². The fourth-order valence-electron chi connectivity index (χ4n) is 1.55. The lowest BCUT2D eigenvalue weighted by Gasteiger charge is -2.06. The summed E-state index contributed by atoms with van der Waals surface area (Å²) in [6.07, 6.45) is 6.32. The summed E-state index contributed by atoms with van der Waals surface area (Å²) in [6.45, 7) is 3.95. The molecule has 0 spiro atoms. The molecule has 2 radical (unpaired) electrons. The first-order valence-electron chi connectivity index (χ1n) is 5.99. The molecule has 1 atom stereocenters. The van der Waals surface area contributed by atoms with Crippen molar-refractivity contribution in [1.82, 2.24) is 0 Å². The maximum atomic E-state index is 10.2. The molecule has 1 saturated carbocycles. The van der Waals surface area contributed by atoms with Crippen LogP contribution in [0.1, 0.15) is 24.0 Å². The minimum absolute atomic E-state index is 0.491. The molecule has 0 bridgehead atoms. The summed E-state index contributed by atoms with van der Waals surface area (Å²) in [7, 11) is 0. The van der Waals surface area contributed by atoms with Crippen molar-refractivity contribution in [3.63, 3.8) is 0 Å². The van der Waals surface area contributed by atoms with E-state index in [2.05, 4.69) is 23.0 Å². The molecule has 1 unspecified atom stereocenters. The van der Waals surface area contributed by atoms with Gasteiger partial charge in [0.05, 0.1) is 18.2 Å². The van der Waals surface area contributed by atoms with Crippen molar-refractivity contribution < 1.29 is 9.59 Å². The SMILES string of the molecule is N#Cc1cccc(C2(N=C=O)[CH]C2)c1.[CH2]CCN=C=O. The standard InChI is InChI=1S/C11H7N2O.C4H6NO/c12-7-9-2-1-3-10(6-9)11(4-5-11)13-8-14;1-2-3-5-4-6/h1-4,6H,5H2;1-3H2. The second-order valence-corrected chi connectivity index (χ2v) is 4.05. The zero-order chi connectivity index (χ0) is 14.8. The van der Waals surface area contributed by atoms with E-state index in [1.165, 1.54) is 6.08 Å². The summed E-state index contributed by atoms with van der Waals surface area (Å²) < 4.78 is 0. The van der Waals surface area contributed by atoms with Gasteiger partial charge in [0.2, 0.25) is 12.2 Å². The minimum atomic E-state index is -0.491. The van der Waals surface area contributed by atoms with Gasteiger partial charge < -0.3 is 0 Å². The number of aliphatic imine (C=N–C) groups is 2. The van der Waals surface area contributed by atoms with Crippen LogP contribution in [0.2, 0.25) is 0 Å². The third-order valence-corrected chi connectivity index (χ3v) is 2.66. The second-order valence-electron chi connectivity index (χ2n) is 4.05. The molecule has 5 heteroatoms. The Morgan fingerprint density at radius 3 is 2.55 bits per heavy atom. The summed E-state index contributed by atoms with van der Waals surface area (Å²) in [5.74, 6) is 0. The largest absolute Gasteiger partial charge is 0.235 e. The number of rotatable bonds is 4. The van der Waals surface area contributed by atoms with Gasteiger partial charge in [-0.1, -0.05) is 19.1 Å². The number of nitrogens with zero attached hydrogens (tertiary/aromatic N) is 3. The summed E-state index contributed by atoms with van der Waals surface area (Å²) in [4.78, 5) is 26.4. The van der Waals surface area contributed by atoms with E-state index in [0.29, 0.717) is 18.5 Å². The van der Waals surface area contributed by atoms with Crippen LogP contribution in [-0.4, -0.2) is 18.7 Å². The molecule has 0 aliphatic heterocycles. The minimum Gasteiger partial charge on any atom is -0.211 e. The van der Waals surface area contributed by atoms with Gasteiger partial charge in [-0.2, -0.15) is 10.3 Å². The molecule has 1 aliphatic rings. The highest BCUT2D eigenvalue weighted by atomic mass is 16.1. The maximum absolute atomic E-state index is 10.2. The molecule has 1 aromatic rings. The normalized spacial score (nSPS) is 13.6. The van der Waals surface area contributed by atoms with Crippen molar-refractivity contribution in [2.24, 2.45) is 9.98 Å². The van der Waals surface area contributed by atoms with Crippen LogP contribution in [0.3, 0.4) is 0 Å². The molecular formula is C15H13N3O2. The third kappa shape index (κ3) is 4.29. The summed E-state index contributed by atoms with van der Waals surface area (Å²) >= 11 is 0. The average molecular weight is 267 g/mol. The number of isocyanates is 2. The van der Waals surface area contributed by atoms with Crippen molar-refractivity contribution in [2.75, 3.05) is 6.54 Å². The third-order valence-electron chi connectivity index (χ3n) is 2.66. The highest BCUT2D eigenvalue weighted by Gasteiger charge is 2.45. The van der Waals surface area contributed by atoms with E-state index < -0.39 is 5.54 Å². The number of carbonyl (C=O) groups excluding carboxylic acids is 2. The number of nitriles is 1. The highest BCUT2D eigenvalue weighted by molar-refractivity contribution is 5.47. The van der Waals surface area contributed by atoms with Gasteiger partial charge in [-0.3, -0.25) is 0 Å². The molecular weight excluding hydrogens is 254 g/mol. The zero-order valence-electron chi connectivity index (χ0n) is 10.9. The number of hydrogen-bond donors (Lipinski definition) is 0. The van der Waals surface area contributed by atoms with E-state index in [9.17, 15) is 9.59 Å². The Bertz CT molecular complexity index is 587. The Morgan fingerprint density at radius 2 is 2.10 bits per heavy atom. The molecule has 20 heavy (non-hydrogen) atoms. The molecule has 1 fully saturated rings. The van der Waals surface area contributed by atoms with Crippen LogP contribution < -0.4 is 0 Å². The van der Waals surface area contributed by atoms with Crippen molar-refractivity contribution >= 4 is 12.2 Å². The molecule has 0 amide bonds. The molecule has 0 heterocycles. The van der Waals surface area contributed by atoms with Gasteiger partial charge in [0.1, 0.15) is 5.54 Å². The molecule has 1 aromatic carbocycles. The molecule has 5 nitrogen and oxygen atoms in total. The lowest BCUT2D eigenvalue weighted by atomic mass is 10.0. The molecule has 0 aromatic heterocycles. The second kappa shape index (κ2) is 7.81. The maximum Gasteiger partial charge on any atom is 0.235 e. The van der Waals surface area contributed by atoms with Crippen LogP contribution in [0.4, 0.5) is 0 Å². The molecule has 0 N–H and O–H groups in total. The average Bonchev–Trinajstić information content (AvgIpc) is 3.27. The fraction of sp³-hybridized carbons (Fsp3) is 0.267. The van der Waals surface area contributed by atoms with Gasteiger partial charge >= 0.3 is 0 Å². The Balaban J connectivity index is 0.000000286. The van der Waals surface area contributed by atoms with Gasteiger partial charge in [-0.15, -0.1) is 0 Å². The van der Waals surface area contributed by atoms with Gasteiger partial charge in [0.25, 0.3) is 0 Å². The predicted molar refractivity (Wildman–Crippen MR) is 72.8 cm³/mol. The first-order valence-corrected chi connectivity index (χ1v) is 5.99. The van der Waals surface area contributed by atoms with E-state index in [1.807, 2.05) is 12.5 Å². The Hall–Kier alpha value is -2.53. The van der Waals surface area contributed by atoms with E-state index >= 15 is 0 Å². The van der Waals surface area contributed by atoms with E-state index in [-0.39, 0.29) is 0 Å². The van der Waals surface area contributed by atoms with Crippen molar-refractivity contribution in [1.29, 1.82) is 5.26 Å². The fourth-order valence-corrected chi connectivity index (χ4v) is 1.55. The van der Waals surface area contributed by atoms with Crippen LogP contribution in [0.25, 0.3) is 0 Å². The Labute approximate surface area is 117 Å². The van der Waals surface area contributed by atoms with Gasteiger partial charge in [0.15, 0.2) is 0 Å². The summed E-state index contributed by atoms with van der Waals surface area (Å²) in [6, 6.07) is 9.20. The first kappa shape index (κ1) is 15.5. The smallest absolute Gasteiger partial charge is 0.211 e. The molecule has 100 valence electrons. The van der Waals surface area contributed by atoms with Crippen LogP contribution in [0.5, 0.6) is 0 Å². The summed E-state index contributed by atoms with van der Waals surface area (Å²) in [5, 5.41) is 8.71. The van der Waals surface area contributed by atoms with E-state index in [1.54, 1.807) is 24.3 Å². The highest BCUT2D eigenvalue weighted by Crippen LogP contribution is 2.48. The molecule has 0 saturated heterocycles. The zero-order valence-corrected chi connectivity index (χ0v) is 10.9. The van der Waals surface area contributed by atoms with Crippen LogP contribution in [0.15, 0.2) is 34.3 Å². The lowest BCUT2D eigenvalue weighted by Crippen LogP contribution is -2.02. The van der Waals surface area contributed by atoms with Crippen molar-refractivity contribution in [3.8, 4) is 6.07 Å². The Morgan fingerprint density at radius 1 is 1.35 bits per heavy atom. The van der Waals surface area contributed by atoms with Crippen LogP contribution in [0, 0.1) is 24.7 Å². The summed E-state index contributed by atoms with van der Waals surface area (Å²) in [5.41, 5.74) is 0.984. The number of benzene rings is 1. The monoisotopic (exact) mass is 267 g/mol. The van der Waals surface area contributed by atoms with Crippen LogP contribution >= 0.6 is 0 Å². The van der Waals surface area contributed by atoms with Crippen LogP contribution in [-0.2, 0) is 15.1 Å². The van der Waals surface area contributed by atoms with Crippen molar-refractivity contribution in [3.05, 3.63) is 48.7 Å². The first-order chi connectivity index (χ1) is 9.72. The Kier molecular flexibility index (Phi) is 6.06. The molecule has 2 rings (SSSR count).